The van der Waals surface area contributed by atoms with Crippen LogP contribution in [0.25, 0.3) is 0 Å². The fraction of sp³-hybridized carbons (Fsp3) is 0.0769. The molecule has 0 aliphatic heterocycles. The molecule has 5 heteroatoms. The SMILES string of the molecule is CC(=O)Nc1scc(Cl)c1C(=O)c1ccccc1. The highest BCUT2D eigenvalue weighted by molar-refractivity contribution is 7.15. The summed E-state index contributed by atoms with van der Waals surface area (Å²) in [6, 6.07) is 8.83. The first kappa shape index (κ1) is 12.8. The maximum atomic E-state index is 12.3. The predicted molar refractivity (Wildman–Crippen MR) is 73.5 cm³/mol. The minimum atomic E-state index is -0.226. The highest BCUT2D eigenvalue weighted by Crippen LogP contribution is 2.33. The van der Waals surface area contributed by atoms with Crippen LogP contribution in [0.3, 0.4) is 0 Å². The molecule has 2 aromatic rings. The first-order valence-corrected chi connectivity index (χ1v) is 6.49. The second-order valence-corrected chi connectivity index (χ2v) is 4.95. The smallest absolute Gasteiger partial charge is 0.221 e. The minimum absolute atomic E-state index is 0.189. The van der Waals surface area contributed by atoms with Crippen molar-refractivity contribution in [1.29, 1.82) is 0 Å². The number of carbonyl (C=O) groups is 2. The van der Waals surface area contributed by atoms with Crippen LogP contribution in [0.4, 0.5) is 5.00 Å². The van der Waals surface area contributed by atoms with E-state index in [1.807, 2.05) is 6.07 Å². The van der Waals surface area contributed by atoms with Crippen LogP contribution in [-0.4, -0.2) is 11.7 Å². The van der Waals surface area contributed by atoms with Crippen molar-refractivity contribution in [3.05, 3.63) is 51.9 Å². The summed E-state index contributed by atoms with van der Waals surface area (Å²) in [6.45, 7) is 1.39. The summed E-state index contributed by atoms with van der Waals surface area (Å²) in [7, 11) is 0. The average molecular weight is 280 g/mol. The Bertz CT molecular complexity index is 592. The molecule has 0 saturated heterocycles. The standard InChI is InChI=1S/C13H10ClNO2S/c1-8(16)15-13-11(10(14)7-18-13)12(17)9-5-3-2-4-6-9/h2-7H,1H3,(H,15,16). The monoisotopic (exact) mass is 279 g/mol. The van der Waals surface area contributed by atoms with Crippen molar-refractivity contribution in [3.63, 3.8) is 0 Å². The van der Waals surface area contributed by atoms with Gasteiger partial charge in [0.25, 0.3) is 0 Å². The molecule has 0 aliphatic rings. The van der Waals surface area contributed by atoms with E-state index < -0.39 is 0 Å². The summed E-state index contributed by atoms with van der Waals surface area (Å²) in [5.74, 6) is -0.416. The second kappa shape index (κ2) is 5.33. The molecule has 1 aromatic carbocycles. The van der Waals surface area contributed by atoms with Gasteiger partial charge in [0, 0.05) is 17.9 Å². The zero-order valence-corrected chi connectivity index (χ0v) is 11.1. The molecule has 0 bridgehead atoms. The molecule has 18 heavy (non-hydrogen) atoms. The van der Waals surface area contributed by atoms with Gasteiger partial charge in [-0.1, -0.05) is 41.9 Å². The Kier molecular flexibility index (Phi) is 3.79. The van der Waals surface area contributed by atoms with Gasteiger partial charge < -0.3 is 5.32 Å². The van der Waals surface area contributed by atoms with Crippen LogP contribution in [0, 0.1) is 0 Å². The molecule has 92 valence electrons. The number of ketones is 1. The first-order valence-electron chi connectivity index (χ1n) is 5.24. The molecular formula is C13H10ClNO2S. The summed E-state index contributed by atoms with van der Waals surface area (Å²) in [4.78, 5) is 23.4. The van der Waals surface area contributed by atoms with Crippen molar-refractivity contribution in [3.8, 4) is 0 Å². The van der Waals surface area contributed by atoms with Gasteiger partial charge in [0.2, 0.25) is 5.91 Å². The third-order valence-corrected chi connectivity index (χ3v) is 3.62. The number of carbonyl (C=O) groups excluding carboxylic acids is 2. The lowest BCUT2D eigenvalue weighted by Gasteiger charge is -2.04. The second-order valence-electron chi connectivity index (χ2n) is 3.66. The Labute approximate surface area is 113 Å². The third kappa shape index (κ3) is 2.60. The summed E-state index contributed by atoms with van der Waals surface area (Å²) < 4.78 is 0. The van der Waals surface area contributed by atoms with Crippen molar-refractivity contribution in [2.24, 2.45) is 0 Å². The zero-order valence-electron chi connectivity index (χ0n) is 9.57. The summed E-state index contributed by atoms with van der Waals surface area (Å²) in [5, 5.41) is 5.11. The van der Waals surface area contributed by atoms with E-state index in [4.69, 9.17) is 11.6 Å². The molecule has 0 radical (unpaired) electrons. The lowest BCUT2D eigenvalue weighted by Crippen LogP contribution is -2.09. The number of anilines is 1. The van der Waals surface area contributed by atoms with E-state index >= 15 is 0 Å². The van der Waals surface area contributed by atoms with E-state index in [1.54, 1.807) is 29.6 Å². The molecule has 0 saturated carbocycles. The van der Waals surface area contributed by atoms with Gasteiger partial charge in [-0.3, -0.25) is 9.59 Å². The van der Waals surface area contributed by atoms with Crippen LogP contribution in [0.15, 0.2) is 35.7 Å². The highest BCUT2D eigenvalue weighted by Gasteiger charge is 2.19. The number of rotatable bonds is 3. The number of amides is 1. The summed E-state index contributed by atoms with van der Waals surface area (Å²) >= 11 is 7.25. The molecule has 0 fully saturated rings. The maximum Gasteiger partial charge on any atom is 0.221 e. The average Bonchev–Trinajstić information content (AvgIpc) is 2.70. The summed E-state index contributed by atoms with van der Waals surface area (Å²) in [5.41, 5.74) is 0.896. The van der Waals surface area contributed by atoms with Gasteiger partial charge in [-0.2, -0.15) is 0 Å². The number of benzene rings is 1. The van der Waals surface area contributed by atoms with E-state index in [1.165, 1.54) is 18.3 Å². The molecule has 0 unspecified atom stereocenters. The molecule has 1 heterocycles. The van der Waals surface area contributed by atoms with E-state index in [2.05, 4.69) is 5.32 Å². The number of thiophene rings is 1. The molecule has 3 nitrogen and oxygen atoms in total. The molecule has 0 aliphatic carbocycles. The quantitative estimate of drug-likeness (QED) is 0.873. The van der Waals surface area contributed by atoms with Crippen molar-refractivity contribution >= 4 is 39.6 Å². The molecule has 1 aromatic heterocycles. The van der Waals surface area contributed by atoms with Crippen molar-refractivity contribution in [1.82, 2.24) is 0 Å². The number of hydrogen-bond donors (Lipinski definition) is 1. The third-order valence-electron chi connectivity index (χ3n) is 2.30. The van der Waals surface area contributed by atoms with Crippen molar-refractivity contribution < 1.29 is 9.59 Å². The molecule has 0 atom stereocenters. The first-order chi connectivity index (χ1) is 8.59. The largest absolute Gasteiger partial charge is 0.317 e. The Morgan fingerprint density at radius 1 is 1.22 bits per heavy atom. The van der Waals surface area contributed by atoms with Crippen LogP contribution in [0.2, 0.25) is 5.02 Å². The fourth-order valence-corrected chi connectivity index (χ4v) is 2.77. The van der Waals surface area contributed by atoms with E-state index in [-0.39, 0.29) is 11.7 Å². The molecule has 0 spiro atoms. The molecule has 2 rings (SSSR count). The molecule has 1 amide bonds. The van der Waals surface area contributed by atoms with Crippen LogP contribution in [0.5, 0.6) is 0 Å². The maximum absolute atomic E-state index is 12.3. The lowest BCUT2D eigenvalue weighted by atomic mass is 10.1. The predicted octanol–water partition coefficient (Wildman–Crippen LogP) is 3.59. The Morgan fingerprint density at radius 3 is 2.50 bits per heavy atom. The van der Waals surface area contributed by atoms with Gasteiger partial charge in [0.05, 0.1) is 10.6 Å². The van der Waals surface area contributed by atoms with Gasteiger partial charge >= 0.3 is 0 Å². The van der Waals surface area contributed by atoms with Crippen molar-refractivity contribution in [2.45, 2.75) is 6.92 Å². The van der Waals surface area contributed by atoms with E-state index in [9.17, 15) is 9.59 Å². The van der Waals surface area contributed by atoms with Gasteiger partial charge in [-0.15, -0.1) is 11.3 Å². The molecule has 1 N–H and O–H groups in total. The normalized spacial score (nSPS) is 10.1. The summed E-state index contributed by atoms with van der Waals surface area (Å²) in [6.07, 6.45) is 0. The van der Waals surface area contributed by atoms with Gasteiger partial charge in [0.1, 0.15) is 5.00 Å². The van der Waals surface area contributed by atoms with E-state index in [0.717, 1.165) is 0 Å². The Morgan fingerprint density at radius 2 is 1.89 bits per heavy atom. The van der Waals surface area contributed by atoms with Crippen LogP contribution < -0.4 is 5.32 Å². The zero-order chi connectivity index (χ0) is 13.1. The Hall–Kier alpha value is -1.65. The lowest BCUT2D eigenvalue weighted by molar-refractivity contribution is -0.114. The number of nitrogens with one attached hydrogen (secondary N) is 1. The topological polar surface area (TPSA) is 46.2 Å². The Balaban J connectivity index is 2.41. The minimum Gasteiger partial charge on any atom is -0.317 e. The highest BCUT2D eigenvalue weighted by atomic mass is 35.5. The van der Waals surface area contributed by atoms with Crippen molar-refractivity contribution in [2.75, 3.05) is 5.32 Å². The molecular weight excluding hydrogens is 270 g/mol. The van der Waals surface area contributed by atoms with Crippen LogP contribution >= 0.6 is 22.9 Å². The van der Waals surface area contributed by atoms with Crippen LogP contribution in [0.1, 0.15) is 22.8 Å². The fourth-order valence-electron chi connectivity index (χ4n) is 1.53. The number of hydrogen-bond acceptors (Lipinski definition) is 3. The van der Waals surface area contributed by atoms with Gasteiger partial charge in [-0.25, -0.2) is 0 Å². The van der Waals surface area contributed by atoms with Gasteiger partial charge in [-0.05, 0) is 0 Å². The number of halogens is 1. The van der Waals surface area contributed by atoms with Crippen LogP contribution in [-0.2, 0) is 4.79 Å². The van der Waals surface area contributed by atoms with E-state index in [0.29, 0.717) is 21.2 Å². The van der Waals surface area contributed by atoms with Gasteiger partial charge in [0.15, 0.2) is 5.78 Å².